The van der Waals surface area contributed by atoms with Crippen molar-refractivity contribution in [2.45, 2.75) is 26.3 Å². The summed E-state index contributed by atoms with van der Waals surface area (Å²) in [5.41, 5.74) is 1.58. The van der Waals surface area contributed by atoms with Crippen LogP contribution in [0.1, 0.15) is 40.4 Å². The summed E-state index contributed by atoms with van der Waals surface area (Å²) in [6.45, 7) is 4.10. The molecule has 0 aliphatic heterocycles. The van der Waals surface area contributed by atoms with Crippen molar-refractivity contribution in [3.05, 3.63) is 52.3 Å². The van der Waals surface area contributed by atoms with Crippen LogP contribution >= 0.6 is 11.6 Å². The van der Waals surface area contributed by atoms with Crippen LogP contribution in [0.5, 0.6) is 5.75 Å². The maximum absolute atomic E-state index is 12.1. The molecule has 7 heteroatoms. The minimum absolute atomic E-state index is 0.00600. The smallest absolute Gasteiger partial charge is 0.271 e. The van der Waals surface area contributed by atoms with Crippen LogP contribution < -0.4 is 15.4 Å². The third-order valence-corrected chi connectivity index (χ3v) is 3.71. The predicted molar refractivity (Wildman–Crippen MR) is 97.4 cm³/mol. The Morgan fingerprint density at radius 2 is 1.88 bits per heavy atom. The Bertz CT molecular complexity index is 739. The number of aromatic nitrogens is 1. The molecule has 134 valence electrons. The largest absolute Gasteiger partial charge is 0.491 e. The van der Waals surface area contributed by atoms with Gasteiger partial charge in [-0.25, -0.2) is 0 Å². The minimum atomic E-state index is -0.343. The number of H-pyrrole nitrogens is 1. The molecule has 0 aliphatic rings. The van der Waals surface area contributed by atoms with Gasteiger partial charge in [-0.05, 0) is 31.5 Å². The molecule has 0 saturated heterocycles. The molecule has 2 amide bonds. The first-order valence-electron chi connectivity index (χ1n) is 8.04. The molecule has 0 fully saturated rings. The van der Waals surface area contributed by atoms with Gasteiger partial charge in [0, 0.05) is 30.6 Å². The molecule has 6 nitrogen and oxygen atoms in total. The van der Waals surface area contributed by atoms with E-state index in [1.165, 1.54) is 7.05 Å². The third kappa shape index (κ3) is 5.26. The van der Waals surface area contributed by atoms with Gasteiger partial charge in [-0.15, -0.1) is 0 Å². The summed E-state index contributed by atoms with van der Waals surface area (Å²) in [5, 5.41) is 5.99. The van der Waals surface area contributed by atoms with Crippen LogP contribution in [-0.4, -0.2) is 36.5 Å². The van der Waals surface area contributed by atoms with Crippen LogP contribution in [0.15, 0.2) is 30.3 Å². The van der Waals surface area contributed by atoms with Crippen LogP contribution in [0.4, 0.5) is 0 Å². The molecule has 3 N–H and O–H groups in total. The van der Waals surface area contributed by atoms with E-state index in [9.17, 15) is 9.59 Å². The summed E-state index contributed by atoms with van der Waals surface area (Å²) in [4.78, 5) is 26.9. The zero-order chi connectivity index (χ0) is 18.4. The molecule has 2 rings (SSSR count). The molecule has 0 atom stereocenters. The molecule has 0 saturated carbocycles. The molecule has 2 aromatic rings. The molecule has 0 radical (unpaired) electrons. The first kappa shape index (κ1) is 18.9. The first-order valence-corrected chi connectivity index (χ1v) is 8.41. The number of rotatable bonds is 7. The number of amides is 2. The van der Waals surface area contributed by atoms with E-state index in [1.807, 2.05) is 38.1 Å². The van der Waals surface area contributed by atoms with E-state index in [4.69, 9.17) is 16.3 Å². The predicted octanol–water partition coefficient (Wildman–Crippen LogP) is 2.79. The summed E-state index contributed by atoms with van der Waals surface area (Å²) in [7, 11) is 1.52. The van der Waals surface area contributed by atoms with E-state index in [0.717, 1.165) is 5.56 Å². The number of nitrogens with one attached hydrogen (secondary N) is 3. The van der Waals surface area contributed by atoms with Gasteiger partial charge in [-0.2, -0.15) is 0 Å². The van der Waals surface area contributed by atoms with Gasteiger partial charge >= 0.3 is 0 Å². The molecule has 0 bridgehead atoms. The van der Waals surface area contributed by atoms with E-state index < -0.39 is 0 Å². The standard InChI is InChI=1S/C18H22ClN3O3/c1-11(2)21-17(23)14-10-15(16(22-14)18(24)20-3)25-9-8-12-4-6-13(19)7-5-12/h4-7,10-11,22H,8-9H2,1-3H3,(H,20,24)(H,21,23). The molecule has 0 unspecified atom stereocenters. The Hall–Kier alpha value is -2.47. The maximum Gasteiger partial charge on any atom is 0.271 e. The lowest BCUT2D eigenvalue weighted by atomic mass is 10.2. The Morgan fingerprint density at radius 3 is 2.48 bits per heavy atom. The summed E-state index contributed by atoms with van der Waals surface area (Å²) in [6, 6.07) is 9.01. The molecular formula is C18H22ClN3O3. The lowest BCUT2D eigenvalue weighted by molar-refractivity contribution is 0.0938. The van der Waals surface area contributed by atoms with Gasteiger partial charge in [0.15, 0.2) is 5.75 Å². The van der Waals surface area contributed by atoms with Gasteiger partial charge in [0.2, 0.25) is 0 Å². The number of carbonyl (C=O) groups is 2. The van der Waals surface area contributed by atoms with Gasteiger partial charge < -0.3 is 20.4 Å². The number of aromatic amines is 1. The monoisotopic (exact) mass is 363 g/mol. The number of hydrogen-bond acceptors (Lipinski definition) is 3. The first-order chi connectivity index (χ1) is 11.9. The lowest BCUT2D eigenvalue weighted by Gasteiger charge is -2.06. The normalized spacial score (nSPS) is 10.6. The summed E-state index contributed by atoms with van der Waals surface area (Å²) >= 11 is 5.86. The number of hydrogen-bond donors (Lipinski definition) is 3. The van der Waals surface area contributed by atoms with Crippen molar-refractivity contribution in [2.75, 3.05) is 13.7 Å². The van der Waals surface area contributed by atoms with Crippen LogP contribution in [0.25, 0.3) is 0 Å². The van der Waals surface area contributed by atoms with E-state index in [-0.39, 0.29) is 29.2 Å². The van der Waals surface area contributed by atoms with E-state index in [2.05, 4.69) is 15.6 Å². The van der Waals surface area contributed by atoms with Gasteiger partial charge in [-0.3, -0.25) is 9.59 Å². The second-order valence-electron chi connectivity index (χ2n) is 5.85. The average molecular weight is 364 g/mol. The SMILES string of the molecule is CNC(=O)c1[nH]c(C(=O)NC(C)C)cc1OCCc1ccc(Cl)cc1. The Labute approximate surface area is 151 Å². The van der Waals surface area contributed by atoms with Crippen molar-refractivity contribution in [1.82, 2.24) is 15.6 Å². The second kappa shape index (κ2) is 8.58. The Kier molecular flexibility index (Phi) is 6.47. The van der Waals surface area contributed by atoms with Crippen molar-refractivity contribution in [3.8, 4) is 5.75 Å². The number of ether oxygens (including phenoxy) is 1. The lowest BCUT2D eigenvalue weighted by Crippen LogP contribution is -2.30. The fourth-order valence-corrected chi connectivity index (χ4v) is 2.36. The van der Waals surface area contributed by atoms with Gasteiger partial charge in [-0.1, -0.05) is 23.7 Å². The van der Waals surface area contributed by atoms with Gasteiger partial charge in [0.1, 0.15) is 11.4 Å². The van der Waals surface area contributed by atoms with E-state index >= 15 is 0 Å². The highest BCUT2D eigenvalue weighted by molar-refractivity contribution is 6.30. The fourth-order valence-electron chi connectivity index (χ4n) is 2.24. The van der Waals surface area contributed by atoms with Crippen molar-refractivity contribution in [2.24, 2.45) is 0 Å². The third-order valence-electron chi connectivity index (χ3n) is 3.46. The topological polar surface area (TPSA) is 83.2 Å². The number of benzene rings is 1. The van der Waals surface area contributed by atoms with Crippen molar-refractivity contribution < 1.29 is 14.3 Å². The van der Waals surface area contributed by atoms with E-state index in [1.54, 1.807) is 6.07 Å². The van der Waals surface area contributed by atoms with Crippen molar-refractivity contribution in [3.63, 3.8) is 0 Å². The number of halogens is 1. The highest BCUT2D eigenvalue weighted by atomic mass is 35.5. The summed E-state index contributed by atoms with van der Waals surface area (Å²) < 4.78 is 5.73. The van der Waals surface area contributed by atoms with E-state index in [0.29, 0.717) is 23.8 Å². The Morgan fingerprint density at radius 1 is 1.20 bits per heavy atom. The molecule has 1 aromatic carbocycles. The molecule has 0 aliphatic carbocycles. The van der Waals surface area contributed by atoms with Gasteiger partial charge in [0.25, 0.3) is 11.8 Å². The zero-order valence-electron chi connectivity index (χ0n) is 14.5. The maximum atomic E-state index is 12.1. The number of carbonyl (C=O) groups excluding carboxylic acids is 2. The Balaban J connectivity index is 2.09. The zero-order valence-corrected chi connectivity index (χ0v) is 15.2. The van der Waals surface area contributed by atoms with Gasteiger partial charge in [0.05, 0.1) is 6.61 Å². The van der Waals surface area contributed by atoms with Crippen molar-refractivity contribution in [1.29, 1.82) is 0 Å². The molecule has 1 heterocycles. The molecule has 1 aromatic heterocycles. The summed E-state index contributed by atoms with van der Waals surface area (Å²) in [6.07, 6.45) is 0.656. The summed E-state index contributed by atoms with van der Waals surface area (Å²) in [5.74, 6) is -0.278. The van der Waals surface area contributed by atoms with Crippen LogP contribution in [0, 0.1) is 0 Å². The van der Waals surface area contributed by atoms with Crippen LogP contribution in [0.2, 0.25) is 5.02 Å². The average Bonchev–Trinajstić information content (AvgIpc) is 3.00. The highest BCUT2D eigenvalue weighted by Gasteiger charge is 2.19. The van der Waals surface area contributed by atoms with Crippen molar-refractivity contribution >= 4 is 23.4 Å². The van der Waals surface area contributed by atoms with Crippen LogP contribution in [-0.2, 0) is 6.42 Å². The van der Waals surface area contributed by atoms with Crippen LogP contribution in [0.3, 0.4) is 0 Å². The fraction of sp³-hybridized carbons (Fsp3) is 0.333. The highest BCUT2D eigenvalue weighted by Crippen LogP contribution is 2.21. The minimum Gasteiger partial charge on any atom is -0.491 e. The molecule has 25 heavy (non-hydrogen) atoms. The molecule has 0 spiro atoms. The second-order valence-corrected chi connectivity index (χ2v) is 6.29. The quantitative estimate of drug-likeness (QED) is 0.707. The molecular weight excluding hydrogens is 342 g/mol.